The SMILES string of the molecule is CN1CCCCCC1=[N+](C)C. The van der Waals surface area contributed by atoms with Crippen molar-refractivity contribution in [3.63, 3.8) is 0 Å². The third kappa shape index (κ3) is 2.21. The predicted octanol–water partition coefficient (Wildman–Crippen LogP) is 1.16. The van der Waals surface area contributed by atoms with Crippen LogP contribution in [-0.2, 0) is 0 Å². The highest BCUT2D eigenvalue weighted by molar-refractivity contribution is 5.77. The zero-order chi connectivity index (χ0) is 8.27. The van der Waals surface area contributed by atoms with Crippen LogP contribution in [0.15, 0.2) is 0 Å². The molecule has 0 bridgehead atoms. The molecule has 1 aliphatic heterocycles. The molecule has 0 N–H and O–H groups in total. The molecule has 64 valence electrons. The van der Waals surface area contributed by atoms with Crippen molar-refractivity contribution in [2.45, 2.75) is 25.7 Å². The first-order valence-electron chi connectivity index (χ1n) is 4.46. The molecule has 1 fully saturated rings. The maximum absolute atomic E-state index is 2.38. The van der Waals surface area contributed by atoms with Crippen LogP contribution in [0.1, 0.15) is 25.7 Å². The molecule has 0 atom stereocenters. The Labute approximate surface area is 69.5 Å². The Bertz CT molecular complexity index is 157. The van der Waals surface area contributed by atoms with Crippen LogP contribution >= 0.6 is 0 Å². The lowest BCUT2D eigenvalue weighted by Crippen LogP contribution is -2.32. The van der Waals surface area contributed by atoms with E-state index in [2.05, 4.69) is 30.6 Å². The van der Waals surface area contributed by atoms with E-state index in [-0.39, 0.29) is 0 Å². The predicted molar refractivity (Wildman–Crippen MR) is 48.2 cm³/mol. The number of likely N-dealkylation sites (tertiary alicyclic amines) is 1. The van der Waals surface area contributed by atoms with Gasteiger partial charge in [0.05, 0.1) is 27.7 Å². The van der Waals surface area contributed by atoms with Gasteiger partial charge in [0.25, 0.3) is 0 Å². The number of hydrogen-bond acceptors (Lipinski definition) is 0. The van der Waals surface area contributed by atoms with Crippen LogP contribution < -0.4 is 0 Å². The zero-order valence-corrected chi connectivity index (χ0v) is 7.93. The van der Waals surface area contributed by atoms with Crippen molar-refractivity contribution in [3.05, 3.63) is 0 Å². The first-order valence-corrected chi connectivity index (χ1v) is 4.46. The summed E-state index contributed by atoms with van der Waals surface area (Å²) in [5, 5.41) is 0. The van der Waals surface area contributed by atoms with Gasteiger partial charge in [0.1, 0.15) is 0 Å². The molecule has 1 rings (SSSR count). The van der Waals surface area contributed by atoms with Crippen molar-refractivity contribution in [1.29, 1.82) is 0 Å². The Morgan fingerprint density at radius 3 is 2.55 bits per heavy atom. The van der Waals surface area contributed by atoms with Gasteiger partial charge in [-0.3, -0.25) is 9.48 Å². The van der Waals surface area contributed by atoms with E-state index in [9.17, 15) is 0 Å². The molecular formula is C9H19N2+. The molecule has 0 aromatic carbocycles. The largest absolute Gasteiger partial charge is 0.271 e. The van der Waals surface area contributed by atoms with E-state index in [1.165, 1.54) is 38.1 Å². The summed E-state index contributed by atoms with van der Waals surface area (Å²) in [5.74, 6) is 1.49. The average molecular weight is 155 g/mol. The third-order valence-electron chi connectivity index (χ3n) is 2.35. The highest BCUT2D eigenvalue weighted by Gasteiger charge is 2.17. The van der Waals surface area contributed by atoms with Crippen LogP contribution in [0.5, 0.6) is 0 Å². The van der Waals surface area contributed by atoms with E-state index in [4.69, 9.17) is 0 Å². The fraction of sp³-hybridized carbons (Fsp3) is 0.889. The normalized spacial score (nSPS) is 19.9. The summed E-state index contributed by atoms with van der Waals surface area (Å²) in [6.07, 6.45) is 5.36. The summed E-state index contributed by atoms with van der Waals surface area (Å²) in [6, 6.07) is 0. The van der Waals surface area contributed by atoms with Crippen molar-refractivity contribution >= 4 is 5.84 Å². The number of hydrogen-bond donors (Lipinski definition) is 0. The van der Waals surface area contributed by atoms with Gasteiger partial charge in [0.2, 0.25) is 5.84 Å². The first kappa shape index (κ1) is 8.57. The molecule has 0 spiro atoms. The Morgan fingerprint density at radius 2 is 1.91 bits per heavy atom. The molecule has 1 aliphatic rings. The van der Waals surface area contributed by atoms with Gasteiger partial charge in [0.15, 0.2) is 0 Å². The van der Waals surface area contributed by atoms with Crippen LogP contribution in [-0.4, -0.2) is 43.0 Å². The van der Waals surface area contributed by atoms with Crippen LogP contribution in [0.25, 0.3) is 0 Å². The second-order valence-corrected chi connectivity index (χ2v) is 3.54. The minimum absolute atomic E-state index is 1.23. The molecule has 1 heterocycles. The molecular weight excluding hydrogens is 136 g/mol. The summed E-state index contributed by atoms with van der Waals surface area (Å²) in [5.41, 5.74) is 0. The minimum atomic E-state index is 1.23. The van der Waals surface area contributed by atoms with E-state index in [0.29, 0.717) is 0 Å². The van der Waals surface area contributed by atoms with E-state index in [1.807, 2.05) is 0 Å². The molecule has 2 nitrogen and oxygen atoms in total. The fourth-order valence-electron chi connectivity index (χ4n) is 1.69. The highest BCUT2D eigenvalue weighted by atomic mass is 15.2. The molecule has 0 amide bonds. The topological polar surface area (TPSA) is 6.25 Å². The Kier molecular flexibility index (Phi) is 2.92. The molecule has 0 aromatic heterocycles. The highest BCUT2D eigenvalue weighted by Crippen LogP contribution is 2.09. The second-order valence-electron chi connectivity index (χ2n) is 3.54. The van der Waals surface area contributed by atoms with Gasteiger partial charge in [-0.2, -0.15) is 0 Å². The molecule has 1 saturated heterocycles. The van der Waals surface area contributed by atoms with Crippen LogP contribution in [0.3, 0.4) is 0 Å². The molecule has 11 heavy (non-hydrogen) atoms. The van der Waals surface area contributed by atoms with Gasteiger partial charge in [0, 0.05) is 6.42 Å². The van der Waals surface area contributed by atoms with E-state index in [0.717, 1.165) is 0 Å². The average Bonchev–Trinajstić information content (AvgIpc) is 2.13. The second kappa shape index (κ2) is 3.74. The van der Waals surface area contributed by atoms with E-state index >= 15 is 0 Å². The quantitative estimate of drug-likeness (QED) is 0.476. The number of nitrogens with zero attached hydrogens (tertiary/aromatic N) is 2. The molecule has 2 heteroatoms. The van der Waals surface area contributed by atoms with Gasteiger partial charge in [-0.15, -0.1) is 0 Å². The molecule has 0 aromatic rings. The van der Waals surface area contributed by atoms with Gasteiger partial charge in [-0.05, 0) is 19.3 Å². The molecule has 0 aliphatic carbocycles. The maximum atomic E-state index is 2.38. The van der Waals surface area contributed by atoms with E-state index < -0.39 is 0 Å². The lowest BCUT2D eigenvalue weighted by atomic mass is 10.2. The Hall–Kier alpha value is -0.530. The zero-order valence-electron chi connectivity index (χ0n) is 7.93. The molecule has 0 unspecified atom stereocenters. The molecule has 0 radical (unpaired) electrons. The first-order chi connectivity index (χ1) is 5.22. The smallest absolute Gasteiger partial charge is 0.246 e. The van der Waals surface area contributed by atoms with Gasteiger partial charge < -0.3 is 0 Å². The standard InChI is InChI=1S/C9H19N2/c1-10(2)9-7-5-4-6-8-11(9)3/h4-8H2,1-3H3/q+1. The number of rotatable bonds is 0. The van der Waals surface area contributed by atoms with Crippen molar-refractivity contribution < 1.29 is 4.58 Å². The monoisotopic (exact) mass is 155 g/mol. The lowest BCUT2D eigenvalue weighted by molar-refractivity contribution is -0.471. The maximum Gasteiger partial charge on any atom is 0.246 e. The minimum Gasteiger partial charge on any atom is -0.271 e. The summed E-state index contributed by atoms with van der Waals surface area (Å²) < 4.78 is 2.24. The van der Waals surface area contributed by atoms with Crippen molar-refractivity contribution in [3.8, 4) is 0 Å². The van der Waals surface area contributed by atoms with Crippen molar-refractivity contribution in [2.24, 2.45) is 0 Å². The summed E-state index contributed by atoms with van der Waals surface area (Å²) >= 11 is 0. The third-order valence-corrected chi connectivity index (χ3v) is 2.35. The van der Waals surface area contributed by atoms with Gasteiger partial charge in [-0.1, -0.05) is 0 Å². The van der Waals surface area contributed by atoms with Crippen LogP contribution in [0.4, 0.5) is 0 Å². The van der Waals surface area contributed by atoms with Crippen LogP contribution in [0.2, 0.25) is 0 Å². The Balaban J connectivity index is 2.67. The summed E-state index contributed by atoms with van der Waals surface area (Å²) in [6.45, 7) is 1.23. The van der Waals surface area contributed by atoms with Gasteiger partial charge in [-0.25, -0.2) is 0 Å². The van der Waals surface area contributed by atoms with Crippen molar-refractivity contribution in [1.82, 2.24) is 4.90 Å². The molecule has 0 saturated carbocycles. The number of amidine groups is 1. The fourth-order valence-corrected chi connectivity index (χ4v) is 1.69. The van der Waals surface area contributed by atoms with Crippen LogP contribution in [0, 0.1) is 0 Å². The van der Waals surface area contributed by atoms with Gasteiger partial charge >= 0.3 is 0 Å². The van der Waals surface area contributed by atoms with E-state index in [1.54, 1.807) is 0 Å². The summed E-state index contributed by atoms with van der Waals surface area (Å²) in [7, 11) is 6.47. The summed E-state index contributed by atoms with van der Waals surface area (Å²) in [4.78, 5) is 2.38. The Morgan fingerprint density at radius 1 is 1.18 bits per heavy atom. The lowest BCUT2D eigenvalue weighted by Gasteiger charge is -2.12. The van der Waals surface area contributed by atoms with Crippen molar-refractivity contribution in [2.75, 3.05) is 27.7 Å².